The number of carbonyl (C=O) groups excluding carboxylic acids is 2. The van der Waals surface area contributed by atoms with Crippen molar-refractivity contribution in [1.29, 1.82) is 0 Å². The summed E-state index contributed by atoms with van der Waals surface area (Å²) in [6.07, 6.45) is 6.20. The zero-order chi connectivity index (χ0) is 25.2. The fourth-order valence-electron chi connectivity index (χ4n) is 5.98. The Balaban J connectivity index is 1.55. The van der Waals surface area contributed by atoms with Crippen LogP contribution in [0, 0.1) is 5.92 Å². The van der Waals surface area contributed by atoms with Crippen LogP contribution in [0.25, 0.3) is 0 Å². The Kier molecular flexibility index (Phi) is 7.42. The molecule has 6 heteroatoms. The van der Waals surface area contributed by atoms with E-state index >= 15 is 0 Å². The summed E-state index contributed by atoms with van der Waals surface area (Å²) in [7, 11) is 1.62. The minimum atomic E-state index is -0.622. The number of methoxy groups -OCH3 is 1. The van der Waals surface area contributed by atoms with Gasteiger partial charge in [0, 0.05) is 29.3 Å². The lowest BCUT2D eigenvalue weighted by Crippen LogP contribution is -2.39. The Labute approximate surface area is 221 Å². The smallest absolute Gasteiger partial charge is 0.315 e. The van der Waals surface area contributed by atoms with Gasteiger partial charge in [0.1, 0.15) is 17.8 Å². The molecule has 3 atom stereocenters. The summed E-state index contributed by atoms with van der Waals surface area (Å²) in [6, 6.07) is 15.9. The van der Waals surface area contributed by atoms with Crippen molar-refractivity contribution in [1.82, 2.24) is 0 Å². The molecule has 36 heavy (non-hydrogen) atoms. The summed E-state index contributed by atoms with van der Waals surface area (Å²) in [6.45, 7) is 1.90. The highest BCUT2D eigenvalue weighted by atomic mass is 79.9. The maximum atomic E-state index is 13.8. The van der Waals surface area contributed by atoms with Crippen LogP contribution in [-0.4, -0.2) is 30.7 Å². The SMILES string of the molecule is COc1ccc([C@@H]2C3=C(C[C@H](c4ccccc4)CC3=O)N=C(C)C2C(=O)OC2CCCCC2)cc1Br. The van der Waals surface area contributed by atoms with E-state index in [1.165, 1.54) is 6.42 Å². The zero-order valence-electron chi connectivity index (χ0n) is 20.8. The Morgan fingerprint density at radius 1 is 1.00 bits per heavy atom. The average molecular weight is 550 g/mol. The normalized spacial score (nSPS) is 24.7. The van der Waals surface area contributed by atoms with E-state index in [-0.39, 0.29) is 23.8 Å². The van der Waals surface area contributed by atoms with Crippen LogP contribution < -0.4 is 4.74 Å². The van der Waals surface area contributed by atoms with Crippen molar-refractivity contribution in [3.05, 3.63) is 75.4 Å². The Hall–Kier alpha value is -2.73. The Morgan fingerprint density at radius 3 is 2.44 bits per heavy atom. The number of nitrogens with zero attached hydrogens (tertiary/aromatic N) is 1. The quantitative estimate of drug-likeness (QED) is 0.380. The summed E-state index contributed by atoms with van der Waals surface area (Å²) in [5.74, 6) is -0.473. The largest absolute Gasteiger partial charge is 0.496 e. The molecule has 0 radical (unpaired) electrons. The van der Waals surface area contributed by atoms with Gasteiger partial charge in [-0.1, -0.05) is 42.8 Å². The number of ketones is 1. The number of ether oxygens (including phenoxy) is 2. The van der Waals surface area contributed by atoms with Gasteiger partial charge in [0.25, 0.3) is 0 Å². The summed E-state index contributed by atoms with van der Waals surface area (Å²) in [5, 5.41) is 0. The molecule has 1 fully saturated rings. The molecule has 1 heterocycles. The molecule has 0 bridgehead atoms. The molecule has 0 aromatic heterocycles. The van der Waals surface area contributed by atoms with Crippen LogP contribution in [0.4, 0.5) is 0 Å². The highest BCUT2D eigenvalue weighted by Gasteiger charge is 2.45. The predicted octanol–water partition coefficient (Wildman–Crippen LogP) is 6.91. The maximum absolute atomic E-state index is 13.8. The molecule has 1 aliphatic heterocycles. The van der Waals surface area contributed by atoms with Crippen molar-refractivity contribution >= 4 is 33.4 Å². The van der Waals surface area contributed by atoms with Gasteiger partial charge in [-0.3, -0.25) is 14.6 Å². The number of hydrogen-bond acceptors (Lipinski definition) is 5. The number of carbonyl (C=O) groups is 2. The molecular weight excluding hydrogens is 518 g/mol. The summed E-state index contributed by atoms with van der Waals surface area (Å²) < 4.78 is 12.3. The topological polar surface area (TPSA) is 65.0 Å². The minimum absolute atomic E-state index is 0.0535. The van der Waals surface area contributed by atoms with E-state index in [0.29, 0.717) is 29.9 Å². The average Bonchev–Trinajstić information content (AvgIpc) is 2.88. The van der Waals surface area contributed by atoms with Gasteiger partial charge in [-0.15, -0.1) is 0 Å². The van der Waals surface area contributed by atoms with Crippen molar-refractivity contribution < 1.29 is 19.1 Å². The van der Waals surface area contributed by atoms with Crippen LogP contribution in [0.1, 0.15) is 74.8 Å². The second-order valence-electron chi connectivity index (χ2n) is 10.1. The number of halogens is 1. The predicted molar refractivity (Wildman–Crippen MR) is 143 cm³/mol. The molecule has 5 nitrogen and oxygen atoms in total. The molecule has 188 valence electrons. The third-order valence-electron chi connectivity index (χ3n) is 7.78. The first kappa shape index (κ1) is 24.9. The molecule has 5 rings (SSSR count). The second kappa shape index (κ2) is 10.7. The van der Waals surface area contributed by atoms with E-state index in [0.717, 1.165) is 47.0 Å². The van der Waals surface area contributed by atoms with Gasteiger partial charge >= 0.3 is 5.97 Å². The first-order valence-electron chi connectivity index (χ1n) is 12.9. The Morgan fingerprint density at radius 2 is 1.75 bits per heavy atom. The number of Topliss-reactive ketones (excluding diaryl/α,β-unsaturated/α-hetero) is 1. The van der Waals surface area contributed by atoms with E-state index in [9.17, 15) is 9.59 Å². The molecule has 0 spiro atoms. The van der Waals surface area contributed by atoms with Crippen molar-refractivity contribution in [3.8, 4) is 5.75 Å². The van der Waals surface area contributed by atoms with E-state index < -0.39 is 11.8 Å². The first-order chi connectivity index (χ1) is 17.5. The van der Waals surface area contributed by atoms with Gasteiger partial charge in [0.15, 0.2) is 5.78 Å². The third kappa shape index (κ3) is 4.93. The fraction of sp³-hybridized carbons (Fsp3) is 0.433. The second-order valence-corrected chi connectivity index (χ2v) is 11.0. The number of allylic oxidation sites excluding steroid dienone is 2. The van der Waals surface area contributed by atoms with E-state index in [1.54, 1.807) is 7.11 Å². The molecular formula is C30H32BrNO4. The minimum Gasteiger partial charge on any atom is -0.496 e. The van der Waals surface area contributed by atoms with Gasteiger partial charge in [-0.2, -0.15) is 0 Å². The van der Waals surface area contributed by atoms with Gasteiger partial charge in [-0.05, 0) is 84.1 Å². The summed E-state index contributed by atoms with van der Waals surface area (Å²) in [5.41, 5.74) is 4.22. The standard InChI is InChI=1S/C30H32BrNO4/c1-18-27(30(34)36-22-11-7-4-8-12-22)28(20-13-14-26(35-2)23(31)15-20)29-24(32-18)16-21(17-25(29)33)19-9-5-3-6-10-19/h3,5-6,9-10,13-15,21-22,27-28H,4,7-8,11-12,16-17H2,1-2H3/t21-,27?,28-/m0/s1. The van der Waals surface area contributed by atoms with Crippen molar-refractivity contribution in [3.63, 3.8) is 0 Å². The molecule has 2 aromatic rings. The van der Waals surface area contributed by atoms with Crippen LogP contribution in [0.3, 0.4) is 0 Å². The van der Waals surface area contributed by atoms with Gasteiger partial charge < -0.3 is 9.47 Å². The lowest BCUT2D eigenvalue weighted by Gasteiger charge is -2.37. The number of hydrogen-bond donors (Lipinski definition) is 0. The third-order valence-corrected chi connectivity index (χ3v) is 8.40. The van der Waals surface area contributed by atoms with Crippen LogP contribution in [0.5, 0.6) is 5.75 Å². The lowest BCUT2D eigenvalue weighted by molar-refractivity contribution is -0.153. The molecule has 0 N–H and O–H groups in total. The highest BCUT2D eigenvalue weighted by Crippen LogP contribution is 2.48. The molecule has 3 aliphatic rings. The number of esters is 1. The zero-order valence-corrected chi connectivity index (χ0v) is 22.4. The van der Waals surface area contributed by atoms with Gasteiger partial charge in [0.05, 0.1) is 11.6 Å². The van der Waals surface area contributed by atoms with Gasteiger partial charge in [0.2, 0.25) is 0 Å². The highest BCUT2D eigenvalue weighted by molar-refractivity contribution is 9.10. The molecule has 2 aromatic carbocycles. The van der Waals surface area contributed by atoms with E-state index in [1.807, 2.05) is 43.3 Å². The molecule has 0 amide bonds. The molecule has 2 aliphatic carbocycles. The molecule has 1 saturated carbocycles. The van der Waals surface area contributed by atoms with Crippen molar-refractivity contribution in [2.45, 2.75) is 69.8 Å². The fourth-order valence-corrected chi connectivity index (χ4v) is 6.54. The number of rotatable bonds is 5. The summed E-state index contributed by atoms with van der Waals surface area (Å²) >= 11 is 3.60. The van der Waals surface area contributed by atoms with Crippen molar-refractivity contribution in [2.24, 2.45) is 10.9 Å². The molecule has 1 unspecified atom stereocenters. The first-order valence-corrected chi connectivity index (χ1v) is 13.7. The van der Waals surface area contributed by atoms with Crippen molar-refractivity contribution in [2.75, 3.05) is 7.11 Å². The van der Waals surface area contributed by atoms with E-state index in [2.05, 4.69) is 28.1 Å². The van der Waals surface area contributed by atoms with E-state index in [4.69, 9.17) is 14.5 Å². The monoisotopic (exact) mass is 549 g/mol. The van der Waals surface area contributed by atoms with Gasteiger partial charge in [-0.25, -0.2) is 0 Å². The lowest BCUT2D eigenvalue weighted by atomic mass is 9.69. The number of aliphatic imine (C=N–C) groups is 1. The van der Waals surface area contributed by atoms with Crippen LogP contribution >= 0.6 is 15.9 Å². The number of benzene rings is 2. The Bertz CT molecular complexity index is 1210. The maximum Gasteiger partial charge on any atom is 0.315 e. The molecule has 0 saturated heterocycles. The summed E-state index contributed by atoms with van der Waals surface area (Å²) in [4.78, 5) is 32.3. The van der Waals surface area contributed by atoms with Crippen LogP contribution in [0.15, 0.2) is 69.3 Å². The van der Waals surface area contributed by atoms with Crippen LogP contribution in [0.2, 0.25) is 0 Å². The van der Waals surface area contributed by atoms with Crippen LogP contribution in [-0.2, 0) is 14.3 Å².